The third-order valence-corrected chi connectivity index (χ3v) is 5.89. The molecule has 1 aromatic heterocycles. The van der Waals surface area contributed by atoms with Crippen LogP contribution < -0.4 is 5.73 Å². The van der Waals surface area contributed by atoms with E-state index < -0.39 is 0 Å². The first kappa shape index (κ1) is 15.9. The van der Waals surface area contributed by atoms with Crippen LogP contribution in [0.3, 0.4) is 0 Å². The highest BCUT2D eigenvalue weighted by Crippen LogP contribution is 2.50. The molecule has 2 fully saturated rings. The number of nitrogens with two attached hydrogens (primary N) is 1. The maximum atomic E-state index is 12.3. The van der Waals surface area contributed by atoms with E-state index >= 15 is 0 Å². The summed E-state index contributed by atoms with van der Waals surface area (Å²) in [6.45, 7) is 2.47. The number of hydrogen-bond acceptors (Lipinski definition) is 5. The van der Waals surface area contributed by atoms with Crippen molar-refractivity contribution in [2.75, 3.05) is 26.2 Å². The molecule has 1 spiro atoms. The maximum Gasteiger partial charge on any atom is 0.227 e. The summed E-state index contributed by atoms with van der Waals surface area (Å²) >= 11 is 1.62. The van der Waals surface area contributed by atoms with Crippen LogP contribution in [0.2, 0.25) is 0 Å². The van der Waals surface area contributed by atoms with E-state index in [1.165, 1.54) is 0 Å². The predicted molar refractivity (Wildman–Crippen MR) is 85.7 cm³/mol. The number of aliphatic hydroxyl groups is 1. The van der Waals surface area contributed by atoms with Crippen molar-refractivity contribution in [3.05, 3.63) is 22.4 Å². The quantitative estimate of drug-likeness (QED) is 0.847. The van der Waals surface area contributed by atoms with Gasteiger partial charge in [-0.25, -0.2) is 0 Å². The topological polar surface area (TPSA) is 75.8 Å². The van der Waals surface area contributed by atoms with E-state index in [9.17, 15) is 9.90 Å². The molecule has 0 radical (unpaired) electrons. The van der Waals surface area contributed by atoms with Gasteiger partial charge in [-0.2, -0.15) is 11.3 Å². The van der Waals surface area contributed by atoms with Crippen molar-refractivity contribution in [3.63, 3.8) is 0 Å². The first-order valence-corrected chi connectivity index (χ1v) is 8.88. The van der Waals surface area contributed by atoms with E-state index in [1.54, 1.807) is 11.3 Å². The molecule has 2 heterocycles. The van der Waals surface area contributed by atoms with Gasteiger partial charge in [-0.15, -0.1) is 0 Å². The Hall–Kier alpha value is -0.950. The molecular formula is C16H24N2O3S. The van der Waals surface area contributed by atoms with E-state index in [0.717, 1.165) is 18.4 Å². The molecule has 2 aliphatic rings. The minimum Gasteiger partial charge on any atom is -0.392 e. The molecule has 1 aromatic rings. The SMILES string of the molecule is NCCOC1CC(O)C12CCN(C(=O)Cc1ccsc1)CC2. The molecule has 3 N–H and O–H groups in total. The molecule has 122 valence electrons. The van der Waals surface area contributed by atoms with E-state index in [4.69, 9.17) is 10.5 Å². The number of hydrogen-bond donors (Lipinski definition) is 2. The van der Waals surface area contributed by atoms with Gasteiger partial charge in [0.25, 0.3) is 0 Å². The van der Waals surface area contributed by atoms with Crippen LogP contribution in [0.15, 0.2) is 16.8 Å². The number of aliphatic hydroxyl groups excluding tert-OH is 1. The highest BCUT2D eigenvalue weighted by molar-refractivity contribution is 7.07. The van der Waals surface area contributed by atoms with Gasteiger partial charge in [0.1, 0.15) is 0 Å². The van der Waals surface area contributed by atoms with Crippen molar-refractivity contribution in [2.24, 2.45) is 11.1 Å². The van der Waals surface area contributed by atoms with Crippen molar-refractivity contribution in [2.45, 2.75) is 37.9 Å². The zero-order valence-electron chi connectivity index (χ0n) is 12.7. The number of piperidine rings is 1. The molecule has 5 nitrogen and oxygen atoms in total. The highest BCUT2D eigenvalue weighted by Gasteiger charge is 2.56. The first-order valence-electron chi connectivity index (χ1n) is 7.94. The normalized spacial score (nSPS) is 26.9. The standard InChI is InChI=1S/C16H24N2O3S/c17-4-7-21-14-10-13(19)16(14)2-5-18(6-3-16)15(20)9-12-1-8-22-11-12/h1,8,11,13-14,19H,2-7,9-10,17H2. The van der Waals surface area contributed by atoms with Crippen LogP contribution in [-0.4, -0.2) is 54.4 Å². The third-order valence-electron chi connectivity index (χ3n) is 5.16. The Morgan fingerprint density at radius 1 is 1.50 bits per heavy atom. The average Bonchev–Trinajstić information content (AvgIpc) is 3.04. The summed E-state index contributed by atoms with van der Waals surface area (Å²) in [6, 6.07) is 2.00. The molecule has 0 aromatic carbocycles. The predicted octanol–water partition coefficient (Wildman–Crippen LogP) is 1.01. The maximum absolute atomic E-state index is 12.3. The van der Waals surface area contributed by atoms with Crippen molar-refractivity contribution in [3.8, 4) is 0 Å². The minimum atomic E-state index is -0.301. The van der Waals surface area contributed by atoms with Gasteiger partial charge in [0, 0.05) is 31.5 Å². The number of nitrogens with zero attached hydrogens (tertiary/aromatic N) is 1. The Bertz CT molecular complexity index is 497. The van der Waals surface area contributed by atoms with Crippen LogP contribution in [0.4, 0.5) is 0 Å². The summed E-state index contributed by atoms with van der Waals surface area (Å²) in [5.74, 6) is 0.182. The molecule has 2 unspecified atom stereocenters. The second-order valence-corrected chi connectivity index (χ2v) is 7.10. The van der Waals surface area contributed by atoms with Gasteiger partial charge in [-0.3, -0.25) is 4.79 Å². The zero-order valence-corrected chi connectivity index (χ0v) is 13.6. The van der Waals surface area contributed by atoms with Gasteiger partial charge in [-0.05, 0) is 35.2 Å². The lowest BCUT2D eigenvalue weighted by molar-refractivity contribution is -0.210. The number of rotatable bonds is 5. The lowest BCUT2D eigenvalue weighted by Gasteiger charge is -2.56. The summed E-state index contributed by atoms with van der Waals surface area (Å²) in [6.07, 6.45) is 2.61. The largest absolute Gasteiger partial charge is 0.392 e. The van der Waals surface area contributed by atoms with Crippen LogP contribution >= 0.6 is 11.3 Å². The lowest BCUT2D eigenvalue weighted by Crippen LogP contribution is -2.63. The van der Waals surface area contributed by atoms with Gasteiger partial charge in [0.05, 0.1) is 25.2 Å². The molecular weight excluding hydrogens is 300 g/mol. The Balaban J connectivity index is 1.54. The number of carbonyl (C=O) groups excluding carboxylic acids is 1. The van der Waals surface area contributed by atoms with Crippen LogP contribution in [0.25, 0.3) is 0 Å². The van der Waals surface area contributed by atoms with Crippen LogP contribution in [0, 0.1) is 5.41 Å². The van der Waals surface area contributed by atoms with Gasteiger partial charge in [0.2, 0.25) is 5.91 Å². The van der Waals surface area contributed by atoms with E-state index in [1.807, 2.05) is 21.7 Å². The molecule has 3 rings (SSSR count). The molecule has 1 saturated heterocycles. The Labute approximate surface area is 135 Å². The van der Waals surface area contributed by atoms with Crippen molar-refractivity contribution >= 4 is 17.2 Å². The number of carbonyl (C=O) groups is 1. The molecule has 6 heteroatoms. The summed E-state index contributed by atoms with van der Waals surface area (Å²) in [7, 11) is 0. The fourth-order valence-electron chi connectivity index (χ4n) is 3.68. The lowest BCUT2D eigenvalue weighted by atomic mass is 9.58. The fourth-order valence-corrected chi connectivity index (χ4v) is 4.35. The molecule has 22 heavy (non-hydrogen) atoms. The Morgan fingerprint density at radius 3 is 2.86 bits per heavy atom. The average molecular weight is 324 g/mol. The summed E-state index contributed by atoms with van der Waals surface area (Å²) < 4.78 is 5.78. The molecule has 1 aliphatic heterocycles. The Morgan fingerprint density at radius 2 is 2.27 bits per heavy atom. The van der Waals surface area contributed by atoms with E-state index in [2.05, 4.69) is 0 Å². The van der Waals surface area contributed by atoms with Crippen molar-refractivity contribution in [1.29, 1.82) is 0 Å². The van der Waals surface area contributed by atoms with Gasteiger partial charge < -0.3 is 20.5 Å². The minimum absolute atomic E-state index is 0.0974. The van der Waals surface area contributed by atoms with Crippen molar-refractivity contribution in [1.82, 2.24) is 4.90 Å². The highest BCUT2D eigenvalue weighted by atomic mass is 32.1. The smallest absolute Gasteiger partial charge is 0.227 e. The van der Waals surface area contributed by atoms with Crippen LogP contribution in [0.5, 0.6) is 0 Å². The number of thiophene rings is 1. The second-order valence-electron chi connectivity index (χ2n) is 6.32. The van der Waals surface area contributed by atoms with Gasteiger partial charge in [0.15, 0.2) is 0 Å². The molecule has 1 amide bonds. The van der Waals surface area contributed by atoms with Crippen molar-refractivity contribution < 1.29 is 14.6 Å². The number of likely N-dealkylation sites (tertiary alicyclic amines) is 1. The molecule has 1 saturated carbocycles. The van der Waals surface area contributed by atoms with Crippen LogP contribution in [0.1, 0.15) is 24.8 Å². The summed E-state index contributed by atoms with van der Waals surface area (Å²) in [5, 5.41) is 14.2. The summed E-state index contributed by atoms with van der Waals surface area (Å²) in [5.41, 5.74) is 6.42. The molecule has 2 atom stereocenters. The second kappa shape index (κ2) is 6.66. The van der Waals surface area contributed by atoms with Gasteiger partial charge in [-0.1, -0.05) is 0 Å². The monoisotopic (exact) mass is 324 g/mol. The fraction of sp³-hybridized carbons (Fsp3) is 0.688. The zero-order chi connectivity index (χ0) is 15.6. The first-order chi connectivity index (χ1) is 10.7. The summed E-state index contributed by atoms with van der Waals surface area (Å²) in [4.78, 5) is 14.3. The molecule has 0 bridgehead atoms. The number of ether oxygens (including phenoxy) is 1. The third kappa shape index (κ3) is 2.93. The van der Waals surface area contributed by atoms with E-state index in [-0.39, 0.29) is 23.5 Å². The number of amides is 1. The Kier molecular flexibility index (Phi) is 4.82. The van der Waals surface area contributed by atoms with E-state index in [0.29, 0.717) is 39.1 Å². The van der Waals surface area contributed by atoms with Gasteiger partial charge >= 0.3 is 0 Å². The van der Waals surface area contributed by atoms with Crippen LogP contribution in [-0.2, 0) is 16.0 Å². The molecule has 1 aliphatic carbocycles.